The summed E-state index contributed by atoms with van der Waals surface area (Å²) in [7, 11) is 0. The lowest BCUT2D eigenvalue weighted by Gasteiger charge is -2.15. The van der Waals surface area contributed by atoms with E-state index in [1.165, 1.54) is 15.7 Å². The Morgan fingerprint density at radius 3 is 2.50 bits per heavy atom. The van der Waals surface area contributed by atoms with Gasteiger partial charge in [0.2, 0.25) is 0 Å². The predicted molar refractivity (Wildman–Crippen MR) is 89.3 cm³/mol. The summed E-state index contributed by atoms with van der Waals surface area (Å²) < 4.78 is 1.17. The Morgan fingerprint density at radius 2 is 1.90 bits per heavy atom. The lowest BCUT2D eigenvalue weighted by Crippen LogP contribution is -2.06. The summed E-state index contributed by atoms with van der Waals surface area (Å²) in [5, 5.41) is 14.2. The SMILES string of the molecule is CC(Nc1ccc(Cl)c([N+](=O)[O-])c1)c1ccc(I)cc1. The van der Waals surface area contributed by atoms with E-state index in [0.717, 1.165) is 5.56 Å². The molecule has 2 aromatic carbocycles. The van der Waals surface area contributed by atoms with Crippen molar-refractivity contribution < 1.29 is 4.92 Å². The third kappa shape index (κ3) is 3.61. The average Bonchev–Trinajstić information content (AvgIpc) is 2.41. The molecular weight excluding hydrogens is 391 g/mol. The number of benzene rings is 2. The number of nitro benzene ring substituents is 1. The van der Waals surface area contributed by atoms with Gasteiger partial charge in [-0.15, -0.1) is 0 Å². The van der Waals surface area contributed by atoms with E-state index in [-0.39, 0.29) is 16.8 Å². The fraction of sp³-hybridized carbons (Fsp3) is 0.143. The Hall–Kier alpha value is -1.34. The molecule has 2 aromatic rings. The number of nitrogens with zero attached hydrogens (tertiary/aromatic N) is 1. The molecule has 0 radical (unpaired) electrons. The topological polar surface area (TPSA) is 55.2 Å². The first-order chi connectivity index (χ1) is 9.47. The predicted octanol–water partition coefficient (Wildman–Crippen LogP) is 5.03. The molecule has 0 aliphatic heterocycles. The van der Waals surface area contributed by atoms with Crippen LogP contribution in [0.25, 0.3) is 0 Å². The fourth-order valence-corrected chi connectivity index (χ4v) is 2.37. The Kier molecular flexibility index (Phi) is 4.82. The van der Waals surface area contributed by atoms with E-state index in [1.54, 1.807) is 6.07 Å². The molecule has 0 fully saturated rings. The molecular formula is C14H12ClIN2O2. The number of nitrogens with one attached hydrogen (secondary N) is 1. The van der Waals surface area contributed by atoms with Crippen LogP contribution in [0.15, 0.2) is 42.5 Å². The van der Waals surface area contributed by atoms with Gasteiger partial charge < -0.3 is 5.32 Å². The van der Waals surface area contributed by atoms with E-state index in [4.69, 9.17) is 11.6 Å². The van der Waals surface area contributed by atoms with Crippen LogP contribution in [-0.4, -0.2) is 4.92 Å². The van der Waals surface area contributed by atoms with Gasteiger partial charge in [-0.3, -0.25) is 10.1 Å². The number of anilines is 1. The zero-order valence-corrected chi connectivity index (χ0v) is 13.6. The maximum Gasteiger partial charge on any atom is 0.289 e. The molecule has 104 valence electrons. The molecule has 0 heterocycles. The van der Waals surface area contributed by atoms with E-state index in [1.807, 2.05) is 31.2 Å². The van der Waals surface area contributed by atoms with Gasteiger partial charge in [-0.05, 0) is 59.3 Å². The van der Waals surface area contributed by atoms with Crippen LogP contribution in [0.1, 0.15) is 18.5 Å². The fourth-order valence-electron chi connectivity index (χ4n) is 1.83. The lowest BCUT2D eigenvalue weighted by molar-refractivity contribution is -0.384. The quantitative estimate of drug-likeness (QED) is 0.443. The second-order valence-electron chi connectivity index (χ2n) is 4.34. The van der Waals surface area contributed by atoms with Gasteiger partial charge in [0.1, 0.15) is 5.02 Å². The van der Waals surface area contributed by atoms with Crippen LogP contribution in [-0.2, 0) is 0 Å². The van der Waals surface area contributed by atoms with Gasteiger partial charge in [0, 0.05) is 21.4 Å². The first-order valence-electron chi connectivity index (χ1n) is 5.93. The van der Waals surface area contributed by atoms with Gasteiger partial charge in [-0.1, -0.05) is 23.7 Å². The summed E-state index contributed by atoms with van der Waals surface area (Å²) in [5.74, 6) is 0. The van der Waals surface area contributed by atoms with Gasteiger partial charge in [0.25, 0.3) is 5.69 Å². The number of rotatable bonds is 4. The molecule has 1 unspecified atom stereocenters. The molecule has 0 bridgehead atoms. The van der Waals surface area contributed by atoms with E-state index in [9.17, 15) is 10.1 Å². The Bertz CT molecular complexity index is 632. The van der Waals surface area contributed by atoms with Crippen LogP contribution >= 0.6 is 34.2 Å². The van der Waals surface area contributed by atoms with Crippen LogP contribution in [0.2, 0.25) is 5.02 Å². The van der Waals surface area contributed by atoms with Gasteiger partial charge in [-0.2, -0.15) is 0 Å². The monoisotopic (exact) mass is 402 g/mol. The Morgan fingerprint density at radius 1 is 1.25 bits per heavy atom. The molecule has 0 amide bonds. The van der Waals surface area contributed by atoms with Crippen molar-refractivity contribution in [1.82, 2.24) is 0 Å². The van der Waals surface area contributed by atoms with Crippen LogP contribution in [0.3, 0.4) is 0 Å². The van der Waals surface area contributed by atoms with Gasteiger partial charge in [0.05, 0.1) is 4.92 Å². The smallest absolute Gasteiger partial charge is 0.289 e. The highest BCUT2D eigenvalue weighted by molar-refractivity contribution is 14.1. The van der Waals surface area contributed by atoms with Gasteiger partial charge >= 0.3 is 0 Å². The van der Waals surface area contributed by atoms with Crippen molar-refractivity contribution in [3.8, 4) is 0 Å². The first-order valence-corrected chi connectivity index (χ1v) is 7.39. The summed E-state index contributed by atoms with van der Waals surface area (Å²) in [6.45, 7) is 2.00. The third-order valence-corrected chi connectivity index (χ3v) is 3.93. The molecule has 0 saturated carbocycles. The highest BCUT2D eigenvalue weighted by Gasteiger charge is 2.14. The summed E-state index contributed by atoms with van der Waals surface area (Å²) in [6.07, 6.45) is 0. The summed E-state index contributed by atoms with van der Waals surface area (Å²) in [5.41, 5.74) is 1.70. The van der Waals surface area contributed by atoms with E-state index in [2.05, 4.69) is 27.9 Å². The minimum absolute atomic E-state index is 0.0489. The molecule has 1 atom stereocenters. The minimum atomic E-state index is -0.483. The molecule has 2 rings (SSSR count). The highest BCUT2D eigenvalue weighted by atomic mass is 127. The second-order valence-corrected chi connectivity index (χ2v) is 5.99. The Labute approximate surface area is 135 Å². The molecule has 0 aliphatic rings. The van der Waals surface area contributed by atoms with Gasteiger partial charge in [-0.25, -0.2) is 0 Å². The minimum Gasteiger partial charge on any atom is -0.378 e. The number of nitro groups is 1. The Balaban J connectivity index is 2.19. The maximum atomic E-state index is 10.9. The van der Waals surface area contributed by atoms with E-state index >= 15 is 0 Å². The van der Waals surface area contributed by atoms with Crippen LogP contribution in [0, 0.1) is 13.7 Å². The normalized spacial score (nSPS) is 11.9. The van der Waals surface area contributed by atoms with Gasteiger partial charge in [0.15, 0.2) is 0 Å². The zero-order chi connectivity index (χ0) is 14.7. The van der Waals surface area contributed by atoms with Crippen molar-refractivity contribution in [3.63, 3.8) is 0 Å². The molecule has 1 N–H and O–H groups in total. The van der Waals surface area contributed by atoms with Crippen molar-refractivity contribution in [2.45, 2.75) is 13.0 Å². The molecule has 0 spiro atoms. The highest BCUT2D eigenvalue weighted by Crippen LogP contribution is 2.29. The van der Waals surface area contributed by atoms with Crippen molar-refractivity contribution >= 4 is 45.6 Å². The van der Waals surface area contributed by atoms with Crippen molar-refractivity contribution in [3.05, 3.63) is 66.7 Å². The van der Waals surface area contributed by atoms with Crippen LogP contribution in [0.5, 0.6) is 0 Å². The third-order valence-electron chi connectivity index (χ3n) is 2.90. The van der Waals surface area contributed by atoms with Crippen molar-refractivity contribution in [2.75, 3.05) is 5.32 Å². The molecule has 0 aliphatic carbocycles. The lowest BCUT2D eigenvalue weighted by atomic mass is 10.1. The molecule has 6 heteroatoms. The summed E-state index contributed by atoms with van der Waals surface area (Å²) >= 11 is 8.04. The van der Waals surface area contributed by atoms with Crippen molar-refractivity contribution in [1.29, 1.82) is 0 Å². The summed E-state index contributed by atoms with van der Waals surface area (Å²) in [4.78, 5) is 10.4. The molecule has 0 aromatic heterocycles. The average molecular weight is 403 g/mol. The largest absolute Gasteiger partial charge is 0.378 e. The standard InChI is InChI=1S/C14H12ClIN2O2/c1-9(10-2-4-11(16)5-3-10)17-12-6-7-13(15)14(8-12)18(19)20/h2-9,17H,1H3. The molecule has 20 heavy (non-hydrogen) atoms. The van der Waals surface area contributed by atoms with Crippen LogP contribution in [0.4, 0.5) is 11.4 Å². The zero-order valence-electron chi connectivity index (χ0n) is 10.6. The maximum absolute atomic E-state index is 10.9. The number of hydrogen-bond donors (Lipinski definition) is 1. The van der Waals surface area contributed by atoms with E-state index in [0.29, 0.717) is 5.69 Å². The second kappa shape index (κ2) is 6.41. The van der Waals surface area contributed by atoms with Crippen LogP contribution < -0.4 is 5.32 Å². The first kappa shape index (κ1) is 15.1. The number of halogens is 2. The molecule has 0 saturated heterocycles. The molecule has 4 nitrogen and oxygen atoms in total. The van der Waals surface area contributed by atoms with Crippen molar-refractivity contribution in [2.24, 2.45) is 0 Å². The number of hydrogen-bond acceptors (Lipinski definition) is 3. The summed E-state index contributed by atoms with van der Waals surface area (Å²) in [6, 6.07) is 12.9. The van der Waals surface area contributed by atoms with E-state index < -0.39 is 4.92 Å².